The van der Waals surface area contributed by atoms with E-state index in [1.807, 2.05) is 12.1 Å². The number of pyridine rings is 2. The maximum atomic E-state index is 11.1. The quantitative estimate of drug-likeness (QED) is 0.915. The lowest BCUT2D eigenvalue weighted by molar-refractivity contribution is 0.0691. The average molecular weight is 323 g/mol. The lowest BCUT2D eigenvalue weighted by Gasteiger charge is -2.08. The molecule has 0 amide bonds. The monoisotopic (exact) mass is 322 g/mol. The molecule has 0 aliphatic carbocycles. The van der Waals surface area contributed by atoms with E-state index in [9.17, 15) is 4.79 Å². The van der Waals surface area contributed by atoms with Crippen molar-refractivity contribution in [1.82, 2.24) is 9.97 Å². The molecule has 0 fully saturated rings. The first-order chi connectivity index (χ1) is 9.16. The molecule has 0 unspecified atom stereocenters. The Kier molecular flexibility index (Phi) is 4.46. The largest absolute Gasteiger partial charge is 0.477 e. The Hall–Kier alpha value is -1.95. The molecule has 5 nitrogen and oxygen atoms in total. The van der Waals surface area contributed by atoms with Gasteiger partial charge in [-0.1, -0.05) is 0 Å². The van der Waals surface area contributed by atoms with Crippen molar-refractivity contribution in [3.05, 3.63) is 52.4 Å². The molecule has 0 aliphatic rings. The molecule has 0 aromatic carbocycles. The number of ether oxygens (including phenoxy) is 1. The molecule has 2 aromatic heterocycles. The third kappa shape index (κ3) is 3.75. The van der Waals surface area contributed by atoms with Crippen LogP contribution in [0.5, 0.6) is 5.88 Å². The molecule has 2 heterocycles. The second-order valence-corrected chi connectivity index (χ2v) is 4.68. The highest BCUT2D eigenvalue weighted by molar-refractivity contribution is 9.10. The van der Waals surface area contributed by atoms with E-state index in [2.05, 4.69) is 25.9 Å². The predicted molar refractivity (Wildman–Crippen MR) is 72.3 cm³/mol. The standard InChI is InChI=1S/C13H11BrN2O3/c14-10-7-11(13(17)18)12(16-8-10)19-6-3-9-1-4-15-5-2-9/h1-2,4-5,7-8H,3,6H2,(H,17,18). The Morgan fingerprint density at radius 1 is 1.37 bits per heavy atom. The van der Waals surface area contributed by atoms with Crippen LogP contribution >= 0.6 is 15.9 Å². The number of aromatic nitrogens is 2. The smallest absolute Gasteiger partial charge is 0.341 e. The summed E-state index contributed by atoms with van der Waals surface area (Å²) < 4.78 is 6.03. The Bertz CT molecular complexity index is 575. The highest BCUT2D eigenvalue weighted by atomic mass is 79.9. The van der Waals surface area contributed by atoms with E-state index in [-0.39, 0.29) is 11.4 Å². The van der Waals surface area contributed by atoms with E-state index in [4.69, 9.17) is 9.84 Å². The van der Waals surface area contributed by atoms with Crippen LogP contribution in [0, 0.1) is 0 Å². The van der Waals surface area contributed by atoms with Crippen molar-refractivity contribution in [2.24, 2.45) is 0 Å². The van der Waals surface area contributed by atoms with Crippen LogP contribution in [-0.4, -0.2) is 27.7 Å². The third-order valence-corrected chi connectivity index (χ3v) is 2.86. The van der Waals surface area contributed by atoms with E-state index >= 15 is 0 Å². The van der Waals surface area contributed by atoms with Crippen LogP contribution in [0.4, 0.5) is 0 Å². The molecule has 2 rings (SSSR count). The average Bonchev–Trinajstić information content (AvgIpc) is 2.41. The van der Waals surface area contributed by atoms with Gasteiger partial charge in [0.05, 0.1) is 6.61 Å². The zero-order valence-electron chi connectivity index (χ0n) is 9.91. The first-order valence-electron chi connectivity index (χ1n) is 5.57. The highest BCUT2D eigenvalue weighted by Crippen LogP contribution is 2.20. The maximum absolute atomic E-state index is 11.1. The summed E-state index contributed by atoms with van der Waals surface area (Å²) in [5, 5.41) is 9.06. The summed E-state index contributed by atoms with van der Waals surface area (Å²) in [6.45, 7) is 0.360. The van der Waals surface area contributed by atoms with Gasteiger partial charge in [0.25, 0.3) is 0 Å². The molecule has 0 spiro atoms. The van der Waals surface area contributed by atoms with Crippen molar-refractivity contribution in [3.63, 3.8) is 0 Å². The van der Waals surface area contributed by atoms with Crippen LogP contribution in [0.1, 0.15) is 15.9 Å². The van der Waals surface area contributed by atoms with Gasteiger partial charge in [0.2, 0.25) is 5.88 Å². The number of rotatable bonds is 5. The summed E-state index contributed by atoms with van der Waals surface area (Å²) in [7, 11) is 0. The zero-order chi connectivity index (χ0) is 13.7. The van der Waals surface area contributed by atoms with Crippen LogP contribution in [-0.2, 0) is 6.42 Å². The number of hydrogen-bond acceptors (Lipinski definition) is 4. The minimum Gasteiger partial charge on any atom is -0.477 e. The van der Waals surface area contributed by atoms with Gasteiger partial charge in [-0.25, -0.2) is 9.78 Å². The minimum absolute atomic E-state index is 0.0455. The molecule has 98 valence electrons. The molecule has 0 saturated heterocycles. The molecule has 0 saturated carbocycles. The van der Waals surface area contributed by atoms with Crippen LogP contribution in [0.3, 0.4) is 0 Å². The summed E-state index contributed by atoms with van der Waals surface area (Å²) in [5.74, 6) is -0.933. The number of carboxylic acid groups (broad SMARTS) is 1. The number of halogens is 1. The first kappa shape index (κ1) is 13.5. The molecule has 6 heteroatoms. The van der Waals surface area contributed by atoms with Gasteiger partial charge in [0, 0.05) is 29.5 Å². The first-order valence-corrected chi connectivity index (χ1v) is 6.36. The summed E-state index contributed by atoms with van der Waals surface area (Å²) in [4.78, 5) is 18.9. The fourth-order valence-corrected chi connectivity index (χ4v) is 1.84. The Labute approximate surface area is 118 Å². The molecule has 0 bridgehead atoms. The second kappa shape index (κ2) is 6.29. The molecule has 1 N–H and O–H groups in total. The predicted octanol–water partition coefficient (Wildman–Crippen LogP) is 2.56. The third-order valence-electron chi connectivity index (χ3n) is 2.43. The van der Waals surface area contributed by atoms with Crippen LogP contribution in [0.2, 0.25) is 0 Å². The summed E-state index contributed by atoms with van der Waals surface area (Å²) in [5.41, 5.74) is 1.12. The molecule has 0 aliphatic heterocycles. The van der Waals surface area contributed by atoms with Crippen LogP contribution in [0.25, 0.3) is 0 Å². The van der Waals surface area contributed by atoms with Gasteiger partial charge in [-0.2, -0.15) is 0 Å². The molecule has 0 radical (unpaired) electrons. The van der Waals surface area contributed by atoms with Crippen molar-refractivity contribution >= 4 is 21.9 Å². The molecule has 0 atom stereocenters. The van der Waals surface area contributed by atoms with E-state index in [0.29, 0.717) is 17.5 Å². The Balaban J connectivity index is 2.02. The second-order valence-electron chi connectivity index (χ2n) is 3.77. The Morgan fingerprint density at radius 2 is 2.11 bits per heavy atom. The lowest BCUT2D eigenvalue weighted by Crippen LogP contribution is -2.08. The van der Waals surface area contributed by atoms with Crippen molar-refractivity contribution in [3.8, 4) is 5.88 Å². The van der Waals surface area contributed by atoms with Gasteiger partial charge in [-0.05, 0) is 39.7 Å². The normalized spacial score (nSPS) is 10.2. The van der Waals surface area contributed by atoms with E-state index in [1.165, 1.54) is 12.3 Å². The fraction of sp³-hybridized carbons (Fsp3) is 0.154. The highest BCUT2D eigenvalue weighted by Gasteiger charge is 2.13. The lowest BCUT2D eigenvalue weighted by atomic mass is 10.2. The Morgan fingerprint density at radius 3 is 2.79 bits per heavy atom. The van der Waals surface area contributed by atoms with Gasteiger partial charge >= 0.3 is 5.97 Å². The van der Waals surface area contributed by atoms with E-state index in [1.54, 1.807) is 12.4 Å². The van der Waals surface area contributed by atoms with Gasteiger partial charge in [0.1, 0.15) is 5.56 Å². The number of aromatic carboxylic acids is 1. The van der Waals surface area contributed by atoms with Crippen molar-refractivity contribution in [1.29, 1.82) is 0 Å². The number of hydrogen-bond donors (Lipinski definition) is 1. The molecular weight excluding hydrogens is 312 g/mol. The number of carbonyl (C=O) groups is 1. The van der Waals surface area contributed by atoms with Gasteiger partial charge < -0.3 is 9.84 Å². The topological polar surface area (TPSA) is 72.3 Å². The van der Waals surface area contributed by atoms with Gasteiger partial charge in [-0.15, -0.1) is 0 Å². The summed E-state index contributed by atoms with van der Waals surface area (Å²) in [6, 6.07) is 5.24. The summed E-state index contributed by atoms with van der Waals surface area (Å²) >= 11 is 3.18. The van der Waals surface area contributed by atoms with E-state index in [0.717, 1.165) is 5.56 Å². The number of carboxylic acids is 1. The molecular formula is C13H11BrN2O3. The van der Waals surface area contributed by atoms with Gasteiger partial charge in [0.15, 0.2) is 0 Å². The minimum atomic E-state index is -1.06. The van der Waals surface area contributed by atoms with E-state index < -0.39 is 5.97 Å². The molecule has 19 heavy (non-hydrogen) atoms. The zero-order valence-corrected chi connectivity index (χ0v) is 11.5. The van der Waals surface area contributed by atoms with Gasteiger partial charge in [-0.3, -0.25) is 4.98 Å². The molecule has 2 aromatic rings. The van der Waals surface area contributed by atoms with Crippen molar-refractivity contribution in [2.75, 3.05) is 6.61 Å². The van der Waals surface area contributed by atoms with Crippen molar-refractivity contribution in [2.45, 2.75) is 6.42 Å². The van der Waals surface area contributed by atoms with Crippen molar-refractivity contribution < 1.29 is 14.6 Å². The number of nitrogens with zero attached hydrogens (tertiary/aromatic N) is 2. The summed E-state index contributed by atoms with van der Waals surface area (Å²) in [6.07, 6.45) is 5.58. The maximum Gasteiger partial charge on any atom is 0.341 e. The van der Waals surface area contributed by atoms with Crippen LogP contribution < -0.4 is 4.74 Å². The SMILES string of the molecule is O=C(O)c1cc(Br)cnc1OCCc1ccncc1. The van der Waals surface area contributed by atoms with Crippen LogP contribution in [0.15, 0.2) is 41.3 Å². The fourth-order valence-electron chi connectivity index (χ4n) is 1.51.